The molecule has 0 saturated carbocycles. The van der Waals surface area contributed by atoms with E-state index in [2.05, 4.69) is 6.92 Å². The predicted molar refractivity (Wildman–Crippen MR) is 58.0 cm³/mol. The fraction of sp³-hybridized carbons (Fsp3) is 0.900. The van der Waals surface area contributed by atoms with E-state index >= 15 is 0 Å². The molecule has 0 aromatic carbocycles. The molecule has 76 valence electrons. The maximum absolute atomic E-state index is 10.9. The van der Waals surface area contributed by atoms with Crippen LogP contribution in [0.25, 0.3) is 0 Å². The van der Waals surface area contributed by atoms with Crippen LogP contribution in [0.2, 0.25) is 0 Å². The second-order valence-corrected chi connectivity index (χ2v) is 3.03. The first-order valence-corrected chi connectivity index (χ1v) is 4.96. The van der Waals surface area contributed by atoms with Gasteiger partial charge in [-0.25, -0.2) is 0 Å². The van der Waals surface area contributed by atoms with Gasteiger partial charge in [-0.05, 0) is 12.8 Å². The maximum Gasteiger partial charge on any atom is 2.00 e. The molecular formula is C10H22BaO2. The van der Waals surface area contributed by atoms with Gasteiger partial charge in [0, 0.05) is 6.42 Å². The summed E-state index contributed by atoms with van der Waals surface area (Å²) in [6, 6.07) is 0. The van der Waals surface area contributed by atoms with Gasteiger partial charge in [0.25, 0.3) is 0 Å². The molecule has 0 radical (unpaired) electrons. The summed E-state index contributed by atoms with van der Waals surface area (Å²) in [4.78, 5) is 10.9. The fourth-order valence-corrected chi connectivity index (χ4v) is 0.991. The molecule has 3 heteroatoms. The zero-order valence-corrected chi connectivity index (χ0v) is 13.4. The minimum Gasteiger partial charge on any atom is -1.00 e. The number of hydrogen-bond acceptors (Lipinski definition) is 2. The Morgan fingerprint density at radius 3 is 2.38 bits per heavy atom. The monoisotopic (exact) mass is 312 g/mol. The summed E-state index contributed by atoms with van der Waals surface area (Å²) < 4.78 is 4.99. The fourth-order valence-electron chi connectivity index (χ4n) is 0.991. The number of esters is 1. The molecule has 0 bridgehead atoms. The van der Waals surface area contributed by atoms with E-state index in [1.54, 1.807) is 0 Å². The third kappa shape index (κ3) is 13.0. The van der Waals surface area contributed by atoms with Gasteiger partial charge in [0.15, 0.2) is 0 Å². The van der Waals surface area contributed by atoms with Crippen molar-refractivity contribution in [3.05, 3.63) is 0 Å². The van der Waals surface area contributed by atoms with Crippen LogP contribution in [0.1, 0.15) is 55.2 Å². The molecule has 13 heavy (non-hydrogen) atoms. The van der Waals surface area contributed by atoms with Gasteiger partial charge in [-0.1, -0.05) is 33.1 Å². The molecule has 0 unspecified atom stereocenters. The van der Waals surface area contributed by atoms with Crippen molar-refractivity contribution in [1.82, 2.24) is 0 Å². The molecule has 0 aliphatic heterocycles. The van der Waals surface area contributed by atoms with E-state index < -0.39 is 0 Å². The molecule has 0 amide bonds. The molecule has 0 heterocycles. The average Bonchev–Trinajstić information content (AvgIpc) is 2.05. The number of rotatable bonds is 7. The van der Waals surface area contributed by atoms with Gasteiger partial charge in [-0.3, -0.25) is 4.79 Å². The number of carbonyl (C=O) groups is 1. The maximum atomic E-state index is 10.9. The molecule has 0 atom stereocenters. The summed E-state index contributed by atoms with van der Waals surface area (Å²) in [5.41, 5.74) is 0. The number of ether oxygens (including phenoxy) is 1. The minimum atomic E-state index is -0.0472. The van der Waals surface area contributed by atoms with Gasteiger partial charge in [0.05, 0.1) is 6.61 Å². The van der Waals surface area contributed by atoms with E-state index in [1.165, 1.54) is 19.3 Å². The molecule has 0 fully saturated rings. The Labute approximate surface area is 125 Å². The van der Waals surface area contributed by atoms with Crippen molar-refractivity contribution in [2.75, 3.05) is 6.61 Å². The van der Waals surface area contributed by atoms with Crippen LogP contribution >= 0.6 is 0 Å². The Morgan fingerprint density at radius 1 is 1.15 bits per heavy atom. The van der Waals surface area contributed by atoms with E-state index in [9.17, 15) is 4.79 Å². The van der Waals surface area contributed by atoms with E-state index in [-0.39, 0.29) is 57.7 Å². The standard InChI is InChI=1S/C10H20O2.Ba.2H/c1-3-5-6-7-9-12-10(11)8-4-2;;;/h3-9H2,1-2H3;;;/q;+2;2*-1. The SMILES string of the molecule is CCCCCCOC(=O)CCC.[Ba+2].[H-].[H-]. The van der Waals surface area contributed by atoms with Crippen LogP contribution in [-0.4, -0.2) is 61.5 Å². The van der Waals surface area contributed by atoms with Crippen molar-refractivity contribution in [3.63, 3.8) is 0 Å². The molecular weight excluding hydrogens is 289 g/mol. The Kier molecular flexibility index (Phi) is 16.5. The summed E-state index contributed by atoms with van der Waals surface area (Å²) in [6.45, 7) is 4.76. The summed E-state index contributed by atoms with van der Waals surface area (Å²) in [5.74, 6) is -0.0472. The number of unbranched alkanes of at least 4 members (excludes halogenated alkanes) is 3. The Morgan fingerprint density at radius 2 is 1.85 bits per heavy atom. The largest absolute Gasteiger partial charge is 2.00 e. The second kappa shape index (κ2) is 13.0. The van der Waals surface area contributed by atoms with E-state index in [4.69, 9.17) is 4.74 Å². The zero-order valence-electron chi connectivity index (χ0n) is 11.0. The van der Waals surface area contributed by atoms with Crippen LogP contribution in [0.15, 0.2) is 0 Å². The first-order chi connectivity index (χ1) is 5.81. The molecule has 0 saturated heterocycles. The molecule has 0 rings (SSSR count). The summed E-state index contributed by atoms with van der Waals surface area (Å²) in [6.07, 6.45) is 6.11. The third-order valence-electron chi connectivity index (χ3n) is 1.72. The van der Waals surface area contributed by atoms with Crippen LogP contribution in [-0.2, 0) is 9.53 Å². The predicted octanol–water partition coefficient (Wildman–Crippen LogP) is 2.75. The van der Waals surface area contributed by atoms with Crippen LogP contribution in [0, 0.1) is 0 Å². The van der Waals surface area contributed by atoms with Gasteiger partial charge in [0.2, 0.25) is 0 Å². The molecule has 0 aromatic heterocycles. The molecule has 0 aromatic rings. The molecule has 0 spiro atoms. The number of carbonyl (C=O) groups excluding carboxylic acids is 1. The third-order valence-corrected chi connectivity index (χ3v) is 1.72. The van der Waals surface area contributed by atoms with Gasteiger partial charge in [0.1, 0.15) is 0 Å². The minimum absolute atomic E-state index is 0. The van der Waals surface area contributed by atoms with Crippen molar-refractivity contribution in [2.24, 2.45) is 0 Å². The summed E-state index contributed by atoms with van der Waals surface area (Å²) in [7, 11) is 0. The van der Waals surface area contributed by atoms with Gasteiger partial charge < -0.3 is 7.59 Å². The van der Waals surface area contributed by atoms with Gasteiger partial charge >= 0.3 is 54.9 Å². The average molecular weight is 312 g/mol. The molecule has 0 aliphatic rings. The topological polar surface area (TPSA) is 26.3 Å². The smallest absolute Gasteiger partial charge is 1.00 e. The van der Waals surface area contributed by atoms with Gasteiger partial charge in [-0.2, -0.15) is 0 Å². The molecule has 0 aliphatic carbocycles. The van der Waals surface area contributed by atoms with Crippen molar-refractivity contribution < 1.29 is 12.4 Å². The van der Waals surface area contributed by atoms with Crippen molar-refractivity contribution in [2.45, 2.75) is 52.4 Å². The van der Waals surface area contributed by atoms with Crippen LogP contribution in [0.3, 0.4) is 0 Å². The summed E-state index contributed by atoms with van der Waals surface area (Å²) in [5, 5.41) is 0. The summed E-state index contributed by atoms with van der Waals surface area (Å²) >= 11 is 0. The normalized spacial score (nSPS) is 9.08. The Balaban J connectivity index is -0.000000202. The van der Waals surface area contributed by atoms with E-state index in [1.807, 2.05) is 6.92 Å². The van der Waals surface area contributed by atoms with Crippen LogP contribution < -0.4 is 0 Å². The van der Waals surface area contributed by atoms with E-state index in [0.717, 1.165) is 12.8 Å². The molecule has 0 N–H and O–H groups in total. The molecule has 2 nitrogen and oxygen atoms in total. The first kappa shape index (κ1) is 16.5. The quantitative estimate of drug-likeness (QED) is 0.410. The Bertz CT molecular complexity index is 124. The van der Waals surface area contributed by atoms with Crippen LogP contribution in [0.4, 0.5) is 0 Å². The van der Waals surface area contributed by atoms with E-state index in [0.29, 0.717) is 13.0 Å². The van der Waals surface area contributed by atoms with Crippen LogP contribution in [0.5, 0.6) is 0 Å². The van der Waals surface area contributed by atoms with Crippen molar-refractivity contribution in [3.8, 4) is 0 Å². The first-order valence-electron chi connectivity index (χ1n) is 4.96. The van der Waals surface area contributed by atoms with Gasteiger partial charge in [-0.15, -0.1) is 0 Å². The number of hydrogen-bond donors (Lipinski definition) is 0. The van der Waals surface area contributed by atoms with Crippen molar-refractivity contribution >= 4 is 54.9 Å². The van der Waals surface area contributed by atoms with Crippen molar-refractivity contribution in [1.29, 1.82) is 0 Å². The Hall–Kier alpha value is 1.04. The zero-order chi connectivity index (χ0) is 9.23. The second-order valence-electron chi connectivity index (χ2n) is 3.03.